The number of aryl methyl sites for hydroxylation is 1. The van der Waals surface area contributed by atoms with Crippen LogP contribution in [0.15, 0.2) is 42.7 Å². The molecule has 0 atom stereocenters. The summed E-state index contributed by atoms with van der Waals surface area (Å²) in [7, 11) is 0. The van der Waals surface area contributed by atoms with Crippen molar-refractivity contribution in [1.29, 1.82) is 0 Å². The molecule has 0 saturated carbocycles. The first-order chi connectivity index (χ1) is 8.84. The molecule has 3 heterocycles. The first-order valence-corrected chi connectivity index (χ1v) is 5.95. The topological polar surface area (TPSA) is 41.6 Å². The molecule has 1 N–H and O–H groups in total. The summed E-state index contributed by atoms with van der Waals surface area (Å²) in [6.07, 6.45) is 3.63. The second-order valence-corrected chi connectivity index (χ2v) is 4.52. The van der Waals surface area contributed by atoms with Crippen molar-refractivity contribution in [3.8, 4) is 0 Å². The Kier molecular flexibility index (Phi) is 1.75. The molecule has 0 saturated heterocycles. The number of aromatic amines is 1. The predicted molar refractivity (Wildman–Crippen MR) is 73.6 cm³/mol. The Balaban J connectivity index is 2.34. The van der Waals surface area contributed by atoms with Gasteiger partial charge in [-0.25, -0.2) is 4.98 Å². The van der Waals surface area contributed by atoms with Crippen molar-refractivity contribution in [3.05, 3.63) is 48.3 Å². The highest BCUT2D eigenvalue weighted by Crippen LogP contribution is 2.30. The molecule has 0 aliphatic carbocycles. The number of benzene rings is 1. The number of hydrogen-bond acceptors (Lipinski definition) is 2. The highest BCUT2D eigenvalue weighted by molar-refractivity contribution is 6.11. The molecule has 0 spiro atoms. The van der Waals surface area contributed by atoms with Crippen LogP contribution in [0.1, 0.15) is 5.56 Å². The summed E-state index contributed by atoms with van der Waals surface area (Å²) in [6, 6.07) is 10.3. The fourth-order valence-electron chi connectivity index (χ4n) is 2.64. The Hall–Kier alpha value is -2.42. The van der Waals surface area contributed by atoms with Crippen LogP contribution >= 0.6 is 0 Å². The number of para-hydroxylation sites is 1. The molecule has 86 valence electrons. The number of nitrogens with one attached hydrogen (secondary N) is 1. The molecular formula is C15H11N3. The average Bonchev–Trinajstić information content (AvgIpc) is 2.77. The largest absolute Gasteiger partial charge is 0.339 e. The number of rotatable bonds is 0. The van der Waals surface area contributed by atoms with Crippen LogP contribution in [0.5, 0.6) is 0 Å². The third-order valence-corrected chi connectivity index (χ3v) is 3.50. The summed E-state index contributed by atoms with van der Waals surface area (Å²) in [6.45, 7) is 2.15. The molecule has 3 heteroatoms. The summed E-state index contributed by atoms with van der Waals surface area (Å²) in [5.41, 5.74) is 4.27. The van der Waals surface area contributed by atoms with E-state index in [2.05, 4.69) is 40.1 Å². The van der Waals surface area contributed by atoms with E-state index >= 15 is 0 Å². The van der Waals surface area contributed by atoms with Crippen LogP contribution in [0.25, 0.3) is 32.8 Å². The van der Waals surface area contributed by atoms with Gasteiger partial charge >= 0.3 is 0 Å². The van der Waals surface area contributed by atoms with Gasteiger partial charge in [-0.05, 0) is 24.6 Å². The van der Waals surface area contributed by atoms with Crippen LogP contribution in [0.4, 0.5) is 0 Å². The molecule has 3 nitrogen and oxygen atoms in total. The van der Waals surface area contributed by atoms with Crippen LogP contribution in [0, 0.1) is 6.92 Å². The standard InChI is InChI=1S/C15H11N3/c1-9-10-6-7-16-8-13(10)18-15-14(9)11-4-2-3-5-12(11)17-15/h2-8H,1H3,(H,17,18). The van der Waals surface area contributed by atoms with Gasteiger partial charge in [0.15, 0.2) is 0 Å². The lowest BCUT2D eigenvalue weighted by atomic mass is 10.1. The van der Waals surface area contributed by atoms with Gasteiger partial charge < -0.3 is 4.98 Å². The van der Waals surface area contributed by atoms with E-state index in [0.29, 0.717) is 0 Å². The first-order valence-electron chi connectivity index (χ1n) is 5.95. The van der Waals surface area contributed by atoms with E-state index in [0.717, 1.165) is 16.7 Å². The van der Waals surface area contributed by atoms with Gasteiger partial charge in [0, 0.05) is 27.9 Å². The molecule has 18 heavy (non-hydrogen) atoms. The monoisotopic (exact) mass is 233 g/mol. The number of aromatic nitrogens is 3. The van der Waals surface area contributed by atoms with Crippen molar-refractivity contribution in [2.45, 2.75) is 6.92 Å². The van der Waals surface area contributed by atoms with E-state index in [9.17, 15) is 0 Å². The fraction of sp³-hybridized carbons (Fsp3) is 0.0667. The lowest BCUT2D eigenvalue weighted by Gasteiger charge is -2.02. The van der Waals surface area contributed by atoms with Gasteiger partial charge in [-0.3, -0.25) is 4.98 Å². The molecule has 0 radical (unpaired) electrons. The second kappa shape index (κ2) is 3.29. The zero-order valence-electron chi connectivity index (χ0n) is 9.94. The van der Waals surface area contributed by atoms with Crippen molar-refractivity contribution in [2.24, 2.45) is 0 Å². The van der Waals surface area contributed by atoms with E-state index in [1.165, 1.54) is 21.7 Å². The molecule has 0 unspecified atom stereocenters. The van der Waals surface area contributed by atoms with Crippen molar-refractivity contribution < 1.29 is 0 Å². The Morgan fingerprint density at radius 3 is 2.89 bits per heavy atom. The van der Waals surface area contributed by atoms with E-state index in [4.69, 9.17) is 0 Å². The first kappa shape index (κ1) is 9.59. The summed E-state index contributed by atoms with van der Waals surface area (Å²) in [5, 5.41) is 3.61. The number of H-pyrrole nitrogens is 1. The van der Waals surface area contributed by atoms with Crippen LogP contribution < -0.4 is 0 Å². The molecule has 4 aromatic rings. The number of hydrogen-bond donors (Lipinski definition) is 1. The summed E-state index contributed by atoms with van der Waals surface area (Å²) in [4.78, 5) is 12.2. The minimum absolute atomic E-state index is 0.939. The normalized spacial score (nSPS) is 11.6. The molecule has 1 aromatic carbocycles. The third kappa shape index (κ3) is 1.13. The van der Waals surface area contributed by atoms with Gasteiger partial charge in [-0.2, -0.15) is 0 Å². The molecule has 0 bridgehead atoms. The number of fused-ring (bicyclic) bond motifs is 4. The van der Waals surface area contributed by atoms with E-state index in [-0.39, 0.29) is 0 Å². The Morgan fingerprint density at radius 1 is 1.06 bits per heavy atom. The van der Waals surface area contributed by atoms with Crippen LogP contribution in [0.2, 0.25) is 0 Å². The van der Waals surface area contributed by atoms with Gasteiger partial charge in [0.1, 0.15) is 5.65 Å². The smallest absolute Gasteiger partial charge is 0.139 e. The van der Waals surface area contributed by atoms with Crippen molar-refractivity contribution >= 4 is 32.8 Å². The van der Waals surface area contributed by atoms with Crippen LogP contribution in [0.3, 0.4) is 0 Å². The number of pyridine rings is 2. The fourth-order valence-corrected chi connectivity index (χ4v) is 2.64. The Labute approximate surface area is 103 Å². The van der Waals surface area contributed by atoms with Gasteiger partial charge in [0.05, 0.1) is 11.7 Å². The maximum atomic E-state index is 4.66. The van der Waals surface area contributed by atoms with Crippen molar-refractivity contribution in [2.75, 3.05) is 0 Å². The highest BCUT2D eigenvalue weighted by Gasteiger charge is 2.10. The van der Waals surface area contributed by atoms with Gasteiger partial charge in [-0.1, -0.05) is 18.2 Å². The van der Waals surface area contributed by atoms with Crippen molar-refractivity contribution in [1.82, 2.24) is 15.0 Å². The zero-order valence-corrected chi connectivity index (χ0v) is 9.94. The molecule has 0 amide bonds. The minimum atomic E-state index is 0.939. The maximum absolute atomic E-state index is 4.66. The minimum Gasteiger partial charge on any atom is -0.339 e. The lowest BCUT2D eigenvalue weighted by Crippen LogP contribution is -1.86. The second-order valence-electron chi connectivity index (χ2n) is 4.52. The quantitative estimate of drug-likeness (QED) is 0.504. The maximum Gasteiger partial charge on any atom is 0.139 e. The van der Waals surface area contributed by atoms with Gasteiger partial charge in [-0.15, -0.1) is 0 Å². The van der Waals surface area contributed by atoms with Gasteiger partial charge in [0.2, 0.25) is 0 Å². The highest BCUT2D eigenvalue weighted by atomic mass is 14.9. The third-order valence-electron chi connectivity index (χ3n) is 3.50. The summed E-state index contributed by atoms with van der Waals surface area (Å²) < 4.78 is 0. The SMILES string of the molecule is Cc1c2ccncc2nc2[nH]c3ccccc3c12. The molecule has 0 aliphatic rings. The molecular weight excluding hydrogens is 222 g/mol. The Morgan fingerprint density at radius 2 is 1.94 bits per heavy atom. The van der Waals surface area contributed by atoms with Crippen LogP contribution in [-0.4, -0.2) is 15.0 Å². The zero-order chi connectivity index (χ0) is 12.1. The molecule has 0 fully saturated rings. The van der Waals surface area contributed by atoms with E-state index in [1.807, 2.05) is 24.5 Å². The lowest BCUT2D eigenvalue weighted by molar-refractivity contribution is 1.31. The molecule has 0 aliphatic heterocycles. The molecule has 3 aromatic heterocycles. The predicted octanol–water partition coefficient (Wildman–Crippen LogP) is 3.57. The number of nitrogens with zero attached hydrogens (tertiary/aromatic N) is 2. The van der Waals surface area contributed by atoms with Crippen molar-refractivity contribution in [3.63, 3.8) is 0 Å². The van der Waals surface area contributed by atoms with Gasteiger partial charge in [0.25, 0.3) is 0 Å². The van der Waals surface area contributed by atoms with E-state index in [1.54, 1.807) is 0 Å². The average molecular weight is 233 g/mol. The van der Waals surface area contributed by atoms with E-state index < -0.39 is 0 Å². The summed E-state index contributed by atoms with van der Waals surface area (Å²) in [5.74, 6) is 0. The van der Waals surface area contributed by atoms with Crippen LogP contribution in [-0.2, 0) is 0 Å². The summed E-state index contributed by atoms with van der Waals surface area (Å²) >= 11 is 0. The molecule has 4 rings (SSSR count). The Bertz CT molecular complexity index is 890.